The number of halogens is 1. The maximum absolute atomic E-state index is 13.5. The lowest BCUT2D eigenvalue weighted by molar-refractivity contribution is 0.143. The SMILES string of the molecule is O=P1(Oc2ccc(Cl)cc2)OCc2ccccc2N=CC=Nc2ccccc2CO1. The highest BCUT2D eigenvalue weighted by molar-refractivity contribution is 7.48. The number of aliphatic imine (C=N–C) groups is 2. The fourth-order valence-electron chi connectivity index (χ4n) is 2.76. The quantitative estimate of drug-likeness (QED) is 0.417. The predicted octanol–water partition coefficient (Wildman–Crippen LogP) is 6.68. The van der Waals surface area contributed by atoms with Gasteiger partial charge in [-0.2, -0.15) is 0 Å². The molecule has 0 aliphatic carbocycles. The van der Waals surface area contributed by atoms with Crippen LogP contribution in [0, 0.1) is 0 Å². The van der Waals surface area contributed by atoms with E-state index in [2.05, 4.69) is 9.98 Å². The van der Waals surface area contributed by atoms with Gasteiger partial charge in [-0.3, -0.25) is 19.0 Å². The zero-order chi connectivity index (χ0) is 20.8. The lowest BCUT2D eigenvalue weighted by Gasteiger charge is -2.19. The first-order valence-electron chi connectivity index (χ1n) is 9.18. The molecule has 0 aromatic heterocycles. The number of hydrogen-bond acceptors (Lipinski definition) is 6. The van der Waals surface area contributed by atoms with Crippen LogP contribution >= 0.6 is 19.4 Å². The number of phosphoric acid groups is 1. The summed E-state index contributed by atoms with van der Waals surface area (Å²) in [6, 6.07) is 21.3. The Kier molecular flexibility index (Phi) is 6.41. The van der Waals surface area contributed by atoms with E-state index in [9.17, 15) is 4.57 Å². The molecule has 0 N–H and O–H groups in total. The van der Waals surface area contributed by atoms with Gasteiger partial charge in [-0.15, -0.1) is 0 Å². The lowest BCUT2D eigenvalue weighted by atomic mass is 10.2. The minimum absolute atomic E-state index is 0.00281. The van der Waals surface area contributed by atoms with Crippen molar-refractivity contribution in [1.82, 2.24) is 0 Å². The van der Waals surface area contributed by atoms with Gasteiger partial charge in [0.15, 0.2) is 0 Å². The molecule has 0 amide bonds. The van der Waals surface area contributed by atoms with E-state index in [1.54, 1.807) is 36.7 Å². The van der Waals surface area contributed by atoms with Gasteiger partial charge in [0.05, 0.1) is 24.6 Å². The standard InChI is InChI=1S/C22H18ClN2O4P/c23-19-9-11-20(12-10-19)29-30(26)27-15-17-5-1-3-7-21(17)24-13-14-25-22-8-4-2-6-18(22)16-28-30/h1-14H,15-16H2. The molecule has 3 aromatic rings. The molecule has 0 bridgehead atoms. The normalized spacial score (nSPS) is 19.0. The molecule has 1 aliphatic rings. The van der Waals surface area contributed by atoms with Gasteiger partial charge < -0.3 is 4.52 Å². The number of para-hydroxylation sites is 2. The zero-order valence-corrected chi connectivity index (χ0v) is 17.5. The van der Waals surface area contributed by atoms with Gasteiger partial charge in [0.25, 0.3) is 0 Å². The molecule has 152 valence electrons. The number of hydrogen-bond donors (Lipinski definition) is 0. The number of benzene rings is 3. The Bertz CT molecular complexity index is 1070. The maximum Gasteiger partial charge on any atom is 0.530 e. The largest absolute Gasteiger partial charge is 0.530 e. The highest BCUT2D eigenvalue weighted by Crippen LogP contribution is 2.51. The molecule has 0 unspecified atom stereocenters. The molecule has 0 spiro atoms. The van der Waals surface area contributed by atoms with Crippen LogP contribution in [0.4, 0.5) is 11.4 Å². The molecular weight excluding hydrogens is 423 g/mol. The Morgan fingerprint density at radius 1 is 0.767 bits per heavy atom. The number of phosphoric ester groups is 1. The maximum atomic E-state index is 13.5. The van der Waals surface area contributed by atoms with Crippen molar-refractivity contribution in [1.29, 1.82) is 0 Å². The van der Waals surface area contributed by atoms with Crippen LogP contribution in [0.3, 0.4) is 0 Å². The molecule has 1 heterocycles. The summed E-state index contributed by atoms with van der Waals surface area (Å²) in [5.41, 5.74) is 2.83. The summed E-state index contributed by atoms with van der Waals surface area (Å²) >= 11 is 5.92. The van der Waals surface area contributed by atoms with Crippen molar-refractivity contribution in [3.63, 3.8) is 0 Å². The summed E-state index contributed by atoms with van der Waals surface area (Å²) in [5, 5.41) is 0.538. The molecule has 4 rings (SSSR count). The van der Waals surface area contributed by atoms with Crippen LogP contribution in [-0.2, 0) is 26.8 Å². The molecule has 3 aromatic carbocycles. The Morgan fingerprint density at radius 3 is 1.80 bits per heavy atom. The first-order valence-corrected chi connectivity index (χ1v) is 11.0. The van der Waals surface area contributed by atoms with E-state index in [1.807, 2.05) is 48.5 Å². The number of rotatable bonds is 2. The summed E-state index contributed by atoms with van der Waals surface area (Å²) in [6.45, 7) is -0.00561. The van der Waals surface area contributed by atoms with Gasteiger partial charge in [0.2, 0.25) is 0 Å². The predicted molar refractivity (Wildman–Crippen MR) is 118 cm³/mol. The Labute approximate surface area is 179 Å². The molecule has 8 heteroatoms. The second-order valence-electron chi connectivity index (χ2n) is 6.35. The van der Waals surface area contributed by atoms with E-state index < -0.39 is 7.82 Å². The van der Waals surface area contributed by atoms with E-state index in [-0.39, 0.29) is 13.2 Å². The van der Waals surface area contributed by atoms with Crippen LogP contribution in [-0.4, -0.2) is 12.4 Å². The molecule has 0 saturated heterocycles. The molecule has 0 atom stereocenters. The van der Waals surface area contributed by atoms with Crippen molar-refractivity contribution >= 4 is 43.2 Å². The highest BCUT2D eigenvalue weighted by atomic mass is 35.5. The van der Waals surface area contributed by atoms with Crippen LogP contribution in [0.25, 0.3) is 0 Å². The average molecular weight is 441 g/mol. The van der Waals surface area contributed by atoms with Crippen LogP contribution in [0.1, 0.15) is 11.1 Å². The monoisotopic (exact) mass is 440 g/mol. The Hall–Kier alpha value is -2.76. The third kappa shape index (κ3) is 5.23. The van der Waals surface area contributed by atoms with Gasteiger partial charge in [-0.1, -0.05) is 48.0 Å². The number of nitrogens with zero attached hydrogens (tertiary/aromatic N) is 2. The van der Waals surface area contributed by atoms with Crippen LogP contribution in [0.5, 0.6) is 5.75 Å². The van der Waals surface area contributed by atoms with Gasteiger partial charge in [-0.05, 0) is 36.4 Å². The summed E-state index contributed by atoms with van der Waals surface area (Å²) in [5.74, 6) is 0.324. The molecule has 6 nitrogen and oxygen atoms in total. The van der Waals surface area contributed by atoms with Crippen molar-refractivity contribution in [2.45, 2.75) is 13.2 Å². The fraction of sp³-hybridized carbons (Fsp3) is 0.0909. The second-order valence-corrected chi connectivity index (χ2v) is 8.38. The van der Waals surface area contributed by atoms with Crippen molar-refractivity contribution < 1.29 is 18.1 Å². The molecule has 0 fully saturated rings. The van der Waals surface area contributed by atoms with E-state index in [1.165, 1.54) is 0 Å². The van der Waals surface area contributed by atoms with Crippen LogP contribution in [0.15, 0.2) is 82.8 Å². The third-order valence-corrected chi connectivity index (χ3v) is 5.84. The van der Waals surface area contributed by atoms with Crippen molar-refractivity contribution in [2.24, 2.45) is 9.98 Å². The van der Waals surface area contributed by atoms with Gasteiger partial charge in [0.1, 0.15) is 5.75 Å². The summed E-state index contributed by atoms with van der Waals surface area (Å²) in [6.07, 6.45) is 3.22. The molecule has 0 saturated carbocycles. The second kappa shape index (κ2) is 9.37. The molecule has 0 radical (unpaired) electrons. The van der Waals surface area contributed by atoms with Crippen molar-refractivity contribution in [3.05, 3.63) is 88.9 Å². The summed E-state index contributed by atoms with van der Waals surface area (Å²) in [7, 11) is -3.97. The first kappa shape index (κ1) is 20.5. The minimum atomic E-state index is -3.97. The number of fused-ring (bicyclic) bond motifs is 2. The fourth-order valence-corrected chi connectivity index (χ4v) is 4.04. The smallest absolute Gasteiger partial charge is 0.404 e. The first-order chi connectivity index (χ1) is 14.6. The summed E-state index contributed by atoms with van der Waals surface area (Å²) in [4.78, 5) is 8.85. The van der Waals surface area contributed by atoms with E-state index in [0.29, 0.717) is 22.1 Å². The Balaban J connectivity index is 1.70. The lowest BCUT2D eigenvalue weighted by Crippen LogP contribution is -2.04. The van der Waals surface area contributed by atoms with E-state index in [0.717, 1.165) is 11.1 Å². The average Bonchev–Trinajstić information content (AvgIpc) is 2.77. The Morgan fingerprint density at radius 2 is 1.27 bits per heavy atom. The molecule has 1 aliphatic heterocycles. The molecular formula is C22H18ClN2O4P. The van der Waals surface area contributed by atoms with Crippen molar-refractivity contribution in [3.8, 4) is 5.75 Å². The highest BCUT2D eigenvalue weighted by Gasteiger charge is 2.30. The topological polar surface area (TPSA) is 69.5 Å². The van der Waals surface area contributed by atoms with Crippen LogP contribution in [0.2, 0.25) is 5.02 Å². The molecule has 30 heavy (non-hydrogen) atoms. The zero-order valence-electron chi connectivity index (χ0n) is 15.8. The van der Waals surface area contributed by atoms with Gasteiger partial charge >= 0.3 is 7.82 Å². The minimum Gasteiger partial charge on any atom is -0.404 e. The van der Waals surface area contributed by atoms with Gasteiger partial charge in [-0.25, -0.2) is 4.57 Å². The van der Waals surface area contributed by atoms with E-state index in [4.69, 9.17) is 25.2 Å². The third-order valence-electron chi connectivity index (χ3n) is 4.26. The summed E-state index contributed by atoms with van der Waals surface area (Å²) < 4.78 is 30.5. The van der Waals surface area contributed by atoms with Crippen LogP contribution < -0.4 is 4.52 Å². The van der Waals surface area contributed by atoms with E-state index >= 15 is 0 Å². The van der Waals surface area contributed by atoms with Gasteiger partial charge in [0, 0.05) is 28.6 Å². The van der Waals surface area contributed by atoms with Crippen molar-refractivity contribution in [2.75, 3.05) is 0 Å².